The summed E-state index contributed by atoms with van der Waals surface area (Å²) < 4.78 is 32.5. The van der Waals surface area contributed by atoms with E-state index in [4.69, 9.17) is 4.74 Å². The van der Waals surface area contributed by atoms with E-state index in [-0.39, 0.29) is 0 Å². The predicted octanol–water partition coefficient (Wildman–Crippen LogP) is 2.77. The Morgan fingerprint density at radius 1 is 1.04 bits per heavy atom. The standard InChI is InChI=1S/C19H20F2N2O2/c20-16-2-1-3-17(21)18(16)19(24)22-9-8-14-4-6-15(7-5-14)23-10-12-25-13-11-23/h1-7H,8-13H2,(H,22,24). The van der Waals surface area contributed by atoms with Crippen molar-refractivity contribution in [2.75, 3.05) is 37.7 Å². The van der Waals surface area contributed by atoms with Crippen LogP contribution >= 0.6 is 0 Å². The molecule has 0 bridgehead atoms. The summed E-state index contributed by atoms with van der Waals surface area (Å²) >= 11 is 0. The molecule has 4 nitrogen and oxygen atoms in total. The lowest BCUT2D eigenvalue weighted by Crippen LogP contribution is -2.36. The maximum atomic E-state index is 13.6. The van der Waals surface area contributed by atoms with Gasteiger partial charge in [-0.15, -0.1) is 0 Å². The number of carbonyl (C=O) groups excluding carboxylic acids is 1. The van der Waals surface area contributed by atoms with E-state index in [0.717, 1.165) is 49.7 Å². The summed E-state index contributed by atoms with van der Waals surface area (Å²) in [5, 5.41) is 2.56. The molecular formula is C19H20F2N2O2. The molecule has 0 radical (unpaired) electrons. The second-order valence-corrected chi connectivity index (χ2v) is 5.87. The molecule has 1 aliphatic rings. The van der Waals surface area contributed by atoms with Crippen molar-refractivity contribution >= 4 is 11.6 Å². The minimum absolute atomic E-state index is 0.309. The number of ether oxygens (including phenoxy) is 1. The number of hydrogen-bond acceptors (Lipinski definition) is 3. The van der Waals surface area contributed by atoms with Crippen molar-refractivity contribution in [2.24, 2.45) is 0 Å². The van der Waals surface area contributed by atoms with E-state index in [1.165, 1.54) is 6.07 Å². The van der Waals surface area contributed by atoms with E-state index < -0.39 is 23.1 Å². The summed E-state index contributed by atoms with van der Waals surface area (Å²) in [6.07, 6.45) is 0.588. The molecule has 1 heterocycles. The number of morpholine rings is 1. The van der Waals surface area contributed by atoms with Crippen molar-refractivity contribution in [3.8, 4) is 0 Å². The Labute approximate surface area is 145 Å². The zero-order valence-electron chi connectivity index (χ0n) is 13.8. The molecular weight excluding hydrogens is 326 g/mol. The summed E-state index contributed by atoms with van der Waals surface area (Å²) in [7, 11) is 0. The third-order valence-electron chi connectivity index (χ3n) is 4.20. The highest BCUT2D eigenvalue weighted by molar-refractivity contribution is 5.94. The SMILES string of the molecule is O=C(NCCc1ccc(N2CCOCC2)cc1)c1c(F)cccc1F. The molecule has 0 unspecified atom stereocenters. The molecule has 0 aliphatic carbocycles. The summed E-state index contributed by atoms with van der Waals surface area (Å²) in [6, 6.07) is 11.5. The molecule has 132 valence electrons. The van der Waals surface area contributed by atoms with Gasteiger partial charge in [-0.2, -0.15) is 0 Å². The summed E-state index contributed by atoms with van der Waals surface area (Å²) in [5.74, 6) is -2.44. The van der Waals surface area contributed by atoms with E-state index in [0.29, 0.717) is 13.0 Å². The zero-order chi connectivity index (χ0) is 17.6. The molecule has 0 aromatic heterocycles. The van der Waals surface area contributed by atoms with Crippen LogP contribution in [0.4, 0.5) is 14.5 Å². The van der Waals surface area contributed by atoms with Crippen LogP contribution in [0.3, 0.4) is 0 Å². The molecule has 3 rings (SSSR count). The van der Waals surface area contributed by atoms with Crippen LogP contribution < -0.4 is 10.2 Å². The first-order valence-corrected chi connectivity index (χ1v) is 8.29. The lowest BCUT2D eigenvalue weighted by atomic mass is 10.1. The molecule has 1 saturated heterocycles. The lowest BCUT2D eigenvalue weighted by molar-refractivity contribution is 0.0945. The van der Waals surface area contributed by atoms with Crippen molar-refractivity contribution in [1.29, 1.82) is 0 Å². The van der Waals surface area contributed by atoms with Gasteiger partial charge in [-0.05, 0) is 36.2 Å². The number of nitrogens with one attached hydrogen (secondary N) is 1. The van der Waals surface area contributed by atoms with Crippen LogP contribution in [-0.4, -0.2) is 38.8 Å². The molecule has 1 fully saturated rings. The van der Waals surface area contributed by atoms with Gasteiger partial charge in [0.25, 0.3) is 5.91 Å². The van der Waals surface area contributed by atoms with Crippen LogP contribution in [0.2, 0.25) is 0 Å². The predicted molar refractivity (Wildman–Crippen MR) is 91.9 cm³/mol. The van der Waals surface area contributed by atoms with Crippen molar-refractivity contribution in [1.82, 2.24) is 5.32 Å². The van der Waals surface area contributed by atoms with Crippen LogP contribution in [-0.2, 0) is 11.2 Å². The van der Waals surface area contributed by atoms with Crippen LogP contribution in [0.25, 0.3) is 0 Å². The van der Waals surface area contributed by atoms with E-state index in [2.05, 4.69) is 10.2 Å². The van der Waals surface area contributed by atoms with E-state index >= 15 is 0 Å². The maximum Gasteiger partial charge on any atom is 0.257 e. The highest BCUT2D eigenvalue weighted by Gasteiger charge is 2.16. The first-order valence-electron chi connectivity index (χ1n) is 8.29. The normalized spacial score (nSPS) is 14.4. The number of benzene rings is 2. The zero-order valence-corrected chi connectivity index (χ0v) is 13.8. The average Bonchev–Trinajstić information content (AvgIpc) is 2.63. The Hall–Kier alpha value is -2.47. The second-order valence-electron chi connectivity index (χ2n) is 5.87. The number of anilines is 1. The summed E-state index contributed by atoms with van der Waals surface area (Å²) in [6.45, 7) is 3.54. The van der Waals surface area contributed by atoms with E-state index in [1.807, 2.05) is 24.3 Å². The summed E-state index contributed by atoms with van der Waals surface area (Å²) in [5.41, 5.74) is 1.65. The van der Waals surface area contributed by atoms with Gasteiger partial charge >= 0.3 is 0 Å². The highest BCUT2D eigenvalue weighted by atomic mass is 19.1. The van der Waals surface area contributed by atoms with Crippen LogP contribution in [0, 0.1) is 11.6 Å². The fraction of sp³-hybridized carbons (Fsp3) is 0.316. The Kier molecular flexibility index (Phi) is 5.60. The largest absolute Gasteiger partial charge is 0.378 e. The van der Waals surface area contributed by atoms with Gasteiger partial charge in [-0.25, -0.2) is 8.78 Å². The number of carbonyl (C=O) groups is 1. The van der Waals surface area contributed by atoms with Gasteiger partial charge < -0.3 is 15.0 Å². The Morgan fingerprint density at radius 2 is 1.68 bits per heavy atom. The molecule has 2 aromatic carbocycles. The Bertz CT molecular complexity index is 708. The lowest BCUT2D eigenvalue weighted by Gasteiger charge is -2.28. The first-order chi connectivity index (χ1) is 12.1. The number of rotatable bonds is 5. The van der Waals surface area contributed by atoms with Crippen molar-refractivity contribution in [3.63, 3.8) is 0 Å². The number of halogens is 2. The van der Waals surface area contributed by atoms with Gasteiger partial charge in [-0.3, -0.25) is 4.79 Å². The van der Waals surface area contributed by atoms with Gasteiger partial charge in [0.15, 0.2) is 0 Å². The molecule has 1 aliphatic heterocycles. The quantitative estimate of drug-likeness (QED) is 0.905. The van der Waals surface area contributed by atoms with E-state index in [1.54, 1.807) is 0 Å². The topological polar surface area (TPSA) is 41.6 Å². The third kappa shape index (κ3) is 4.33. The highest BCUT2D eigenvalue weighted by Crippen LogP contribution is 2.17. The van der Waals surface area contributed by atoms with Gasteiger partial charge in [0.1, 0.15) is 17.2 Å². The van der Waals surface area contributed by atoms with Crippen molar-refractivity contribution in [2.45, 2.75) is 6.42 Å². The first kappa shape index (κ1) is 17.4. The van der Waals surface area contributed by atoms with Gasteiger partial charge in [0.2, 0.25) is 0 Å². The number of amides is 1. The van der Waals surface area contributed by atoms with Crippen LogP contribution in [0.5, 0.6) is 0 Å². The molecule has 2 aromatic rings. The molecule has 6 heteroatoms. The van der Waals surface area contributed by atoms with Crippen LogP contribution in [0.15, 0.2) is 42.5 Å². The molecule has 0 saturated carbocycles. The second kappa shape index (κ2) is 8.07. The number of nitrogens with zero attached hydrogens (tertiary/aromatic N) is 1. The minimum atomic E-state index is -0.854. The van der Waals surface area contributed by atoms with Gasteiger partial charge in [0.05, 0.1) is 13.2 Å². The average molecular weight is 346 g/mol. The molecule has 1 amide bonds. The molecule has 0 atom stereocenters. The third-order valence-corrected chi connectivity index (χ3v) is 4.20. The van der Waals surface area contributed by atoms with Crippen LogP contribution in [0.1, 0.15) is 15.9 Å². The van der Waals surface area contributed by atoms with E-state index in [9.17, 15) is 13.6 Å². The minimum Gasteiger partial charge on any atom is -0.378 e. The Balaban J connectivity index is 1.52. The fourth-order valence-corrected chi connectivity index (χ4v) is 2.82. The van der Waals surface area contributed by atoms with Gasteiger partial charge in [0, 0.05) is 25.3 Å². The molecule has 0 spiro atoms. The summed E-state index contributed by atoms with van der Waals surface area (Å²) in [4.78, 5) is 14.2. The maximum absolute atomic E-state index is 13.6. The van der Waals surface area contributed by atoms with Crippen molar-refractivity contribution in [3.05, 3.63) is 65.2 Å². The monoisotopic (exact) mass is 346 g/mol. The molecule has 25 heavy (non-hydrogen) atoms. The smallest absolute Gasteiger partial charge is 0.257 e. The van der Waals surface area contributed by atoms with Gasteiger partial charge in [-0.1, -0.05) is 18.2 Å². The Morgan fingerprint density at radius 3 is 2.32 bits per heavy atom. The number of hydrogen-bond donors (Lipinski definition) is 1. The fourth-order valence-electron chi connectivity index (χ4n) is 2.82. The van der Waals surface area contributed by atoms with Crippen molar-refractivity contribution < 1.29 is 18.3 Å². The molecule has 1 N–H and O–H groups in total.